The summed E-state index contributed by atoms with van der Waals surface area (Å²) in [5.41, 5.74) is 7.46. The molecule has 2 aliphatic rings. The van der Waals surface area contributed by atoms with Crippen molar-refractivity contribution in [1.29, 1.82) is 0 Å². The number of hydrogen-bond donors (Lipinski definition) is 2. The fourth-order valence-corrected chi connectivity index (χ4v) is 4.82. The Morgan fingerprint density at radius 1 is 0.971 bits per heavy atom. The zero-order valence-electron chi connectivity index (χ0n) is 20.4. The first-order chi connectivity index (χ1) is 16.8. The molecule has 0 bridgehead atoms. The quantitative estimate of drug-likeness (QED) is 0.664. The number of nitrogens with one attached hydrogen (secondary N) is 1. The second kappa shape index (κ2) is 10.9. The van der Waals surface area contributed by atoms with E-state index in [9.17, 15) is 14.4 Å². The van der Waals surface area contributed by atoms with Gasteiger partial charge < -0.3 is 25.6 Å². The van der Waals surface area contributed by atoms with Gasteiger partial charge in [-0.1, -0.05) is 35.9 Å². The van der Waals surface area contributed by atoms with Crippen molar-refractivity contribution >= 4 is 17.7 Å². The maximum Gasteiger partial charge on any atom is 0.265 e. The molecule has 0 radical (unpaired) electrons. The highest BCUT2D eigenvalue weighted by Gasteiger charge is 2.45. The van der Waals surface area contributed by atoms with Crippen LogP contribution in [-0.2, 0) is 9.59 Å². The summed E-state index contributed by atoms with van der Waals surface area (Å²) < 4.78 is 5.83. The number of benzene rings is 2. The average Bonchev–Trinajstić information content (AvgIpc) is 3.30. The average molecular weight is 479 g/mol. The standard InChI is InChI=1S/C27H34N4O4/c1-18-7-6-8-20(17-18)27(34)31-16-15-30(26(33)19(2)35-23-9-4-3-5-10-23)25(31)24(32)29-22-13-11-21(28)12-14-22/h3-10,17,19,21-22,25H,11-16,28H2,1-2H3,(H,29,32). The molecule has 2 aromatic rings. The van der Waals surface area contributed by atoms with E-state index in [2.05, 4.69) is 5.32 Å². The number of hydrogen-bond acceptors (Lipinski definition) is 5. The number of amides is 3. The minimum absolute atomic E-state index is 0.0197. The maximum atomic E-state index is 13.5. The van der Waals surface area contributed by atoms with Crippen LogP contribution in [0.15, 0.2) is 54.6 Å². The molecule has 186 valence electrons. The van der Waals surface area contributed by atoms with E-state index in [1.165, 1.54) is 9.80 Å². The number of ether oxygens (including phenoxy) is 1. The highest BCUT2D eigenvalue weighted by Crippen LogP contribution is 2.23. The lowest BCUT2D eigenvalue weighted by Gasteiger charge is -2.33. The van der Waals surface area contributed by atoms with Crippen molar-refractivity contribution in [2.45, 2.75) is 63.9 Å². The summed E-state index contributed by atoms with van der Waals surface area (Å²) in [7, 11) is 0. The van der Waals surface area contributed by atoms with Crippen LogP contribution in [0.2, 0.25) is 0 Å². The summed E-state index contributed by atoms with van der Waals surface area (Å²) >= 11 is 0. The second-order valence-corrected chi connectivity index (χ2v) is 9.47. The van der Waals surface area contributed by atoms with E-state index in [1.54, 1.807) is 31.2 Å². The molecule has 1 heterocycles. The molecule has 0 aromatic heterocycles. The van der Waals surface area contributed by atoms with Gasteiger partial charge in [0.05, 0.1) is 0 Å². The lowest BCUT2D eigenvalue weighted by molar-refractivity contribution is -0.146. The van der Waals surface area contributed by atoms with Crippen molar-refractivity contribution in [3.8, 4) is 5.75 Å². The van der Waals surface area contributed by atoms with Gasteiger partial charge in [-0.2, -0.15) is 0 Å². The number of nitrogens with zero attached hydrogens (tertiary/aromatic N) is 2. The van der Waals surface area contributed by atoms with E-state index in [0.29, 0.717) is 11.3 Å². The molecule has 1 saturated heterocycles. The van der Waals surface area contributed by atoms with E-state index in [4.69, 9.17) is 10.5 Å². The molecule has 2 fully saturated rings. The Hall–Kier alpha value is -3.39. The van der Waals surface area contributed by atoms with Crippen LogP contribution in [0, 0.1) is 6.92 Å². The molecule has 8 heteroatoms. The molecule has 2 aromatic carbocycles. The van der Waals surface area contributed by atoms with E-state index in [-0.39, 0.29) is 42.9 Å². The molecule has 2 unspecified atom stereocenters. The van der Waals surface area contributed by atoms with Gasteiger partial charge >= 0.3 is 0 Å². The molecule has 3 amide bonds. The number of rotatable bonds is 6. The molecule has 35 heavy (non-hydrogen) atoms. The minimum Gasteiger partial charge on any atom is -0.481 e. The van der Waals surface area contributed by atoms with Gasteiger partial charge in [0, 0.05) is 30.7 Å². The Kier molecular flexibility index (Phi) is 7.70. The predicted molar refractivity (Wildman–Crippen MR) is 133 cm³/mol. The summed E-state index contributed by atoms with van der Waals surface area (Å²) in [5, 5.41) is 3.08. The Morgan fingerprint density at radius 3 is 2.34 bits per heavy atom. The fourth-order valence-electron chi connectivity index (χ4n) is 4.82. The molecule has 8 nitrogen and oxygen atoms in total. The number of nitrogens with two attached hydrogens (primary N) is 1. The SMILES string of the molecule is Cc1cccc(C(=O)N2CCN(C(=O)C(C)Oc3ccccc3)C2C(=O)NC2CCC(N)CC2)c1. The summed E-state index contributed by atoms with van der Waals surface area (Å²) in [6.07, 6.45) is 1.40. The molecule has 1 saturated carbocycles. The molecular formula is C27H34N4O4. The van der Waals surface area contributed by atoms with Gasteiger partial charge in [-0.3, -0.25) is 14.4 Å². The van der Waals surface area contributed by atoms with Crippen molar-refractivity contribution < 1.29 is 19.1 Å². The van der Waals surface area contributed by atoms with E-state index in [0.717, 1.165) is 31.2 Å². The normalized spacial score (nSPS) is 23.0. The lowest BCUT2D eigenvalue weighted by atomic mass is 9.92. The monoisotopic (exact) mass is 478 g/mol. The third-order valence-electron chi connectivity index (χ3n) is 6.74. The number of carbonyl (C=O) groups excluding carboxylic acids is 3. The molecule has 4 rings (SSSR count). The van der Waals surface area contributed by atoms with Crippen LogP contribution in [0.25, 0.3) is 0 Å². The lowest BCUT2D eigenvalue weighted by Crippen LogP contribution is -2.57. The van der Waals surface area contributed by atoms with Crippen LogP contribution < -0.4 is 15.8 Å². The summed E-state index contributed by atoms with van der Waals surface area (Å²) in [6.45, 7) is 4.10. The Labute approximate surface area is 206 Å². The zero-order chi connectivity index (χ0) is 24.9. The van der Waals surface area contributed by atoms with Crippen LogP contribution in [-0.4, -0.2) is 65.0 Å². The number of aryl methyl sites for hydroxylation is 1. The van der Waals surface area contributed by atoms with Gasteiger partial charge in [0.1, 0.15) is 5.75 Å². The second-order valence-electron chi connectivity index (χ2n) is 9.47. The molecule has 1 aliphatic carbocycles. The smallest absolute Gasteiger partial charge is 0.265 e. The molecule has 1 aliphatic heterocycles. The van der Waals surface area contributed by atoms with Gasteiger partial charge in [-0.25, -0.2) is 0 Å². The van der Waals surface area contributed by atoms with Gasteiger partial charge in [0.25, 0.3) is 17.7 Å². The summed E-state index contributed by atoms with van der Waals surface area (Å²) in [5.74, 6) is -0.380. The van der Waals surface area contributed by atoms with Crippen LogP contribution >= 0.6 is 0 Å². The molecule has 0 spiro atoms. The summed E-state index contributed by atoms with van der Waals surface area (Å²) in [6, 6.07) is 16.5. The largest absolute Gasteiger partial charge is 0.481 e. The Balaban J connectivity index is 1.55. The first-order valence-electron chi connectivity index (χ1n) is 12.3. The van der Waals surface area contributed by atoms with Crippen molar-refractivity contribution in [3.05, 3.63) is 65.7 Å². The number of para-hydroxylation sites is 1. The van der Waals surface area contributed by atoms with Crippen molar-refractivity contribution in [3.63, 3.8) is 0 Å². The summed E-state index contributed by atoms with van der Waals surface area (Å²) in [4.78, 5) is 43.4. The Morgan fingerprint density at radius 2 is 1.66 bits per heavy atom. The van der Waals surface area contributed by atoms with Gasteiger partial charge in [-0.05, 0) is 63.8 Å². The maximum absolute atomic E-state index is 13.5. The van der Waals surface area contributed by atoms with Gasteiger partial charge in [0.2, 0.25) is 0 Å². The van der Waals surface area contributed by atoms with Crippen molar-refractivity contribution in [1.82, 2.24) is 15.1 Å². The minimum atomic E-state index is -1.03. The predicted octanol–water partition coefficient (Wildman–Crippen LogP) is 2.46. The third kappa shape index (κ3) is 5.82. The zero-order valence-corrected chi connectivity index (χ0v) is 20.4. The van der Waals surface area contributed by atoms with Crippen LogP contribution in [0.1, 0.15) is 48.5 Å². The highest BCUT2D eigenvalue weighted by molar-refractivity contribution is 5.99. The van der Waals surface area contributed by atoms with Gasteiger partial charge in [-0.15, -0.1) is 0 Å². The molecule has 2 atom stereocenters. The third-order valence-corrected chi connectivity index (χ3v) is 6.74. The van der Waals surface area contributed by atoms with Crippen molar-refractivity contribution in [2.75, 3.05) is 13.1 Å². The molecule has 3 N–H and O–H groups in total. The first kappa shape index (κ1) is 24.7. The topological polar surface area (TPSA) is 105 Å². The van der Waals surface area contributed by atoms with Crippen LogP contribution in [0.5, 0.6) is 5.75 Å². The van der Waals surface area contributed by atoms with Crippen LogP contribution in [0.3, 0.4) is 0 Å². The van der Waals surface area contributed by atoms with E-state index < -0.39 is 12.3 Å². The van der Waals surface area contributed by atoms with E-state index >= 15 is 0 Å². The highest BCUT2D eigenvalue weighted by atomic mass is 16.5. The molecular weight excluding hydrogens is 444 g/mol. The van der Waals surface area contributed by atoms with Gasteiger partial charge in [0.15, 0.2) is 12.3 Å². The fraction of sp³-hybridized carbons (Fsp3) is 0.444. The van der Waals surface area contributed by atoms with Crippen LogP contribution in [0.4, 0.5) is 0 Å². The Bertz CT molecular complexity index is 1050. The van der Waals surface area contributed by atoms with Crippen molar-refractivity contribution in [2.24, 2.45) is 5.73 Å². The first-order valence-corrected chi connectivity index (χ1v) is 12.3. The van der Waals surface area contributed by atoms with E-state index in [1.807, 2.05) is 37.3 Å². The number of carbonyl (C=O) groups is 3.